The number of hydrogen-bond donors (Lipinski definition) is 3. The maximum absolute atomic E-state index is 12.8. The van der Waals surface area contributed by atoms with Crippen molar-refractivity contribution in [3.05, 3.63) is 24.1 Å². The van der Waals surface area contributed by atoms with E-state index in [0.29, 0.717) is 12.2 Å². The van der Waals surface area contributed by atoms with Gasteiger partial charge >= 0.3 is 0 Å². The Morgan fingerprint density at radius 3 is 2.53 bits per heavy atom. The van der Waals surface area contributed by atoms with Crippen LogP contribution in [0.25, 0.3) is 0 Å². The molecule has 3 N–H and O–H groups in total. The zero-order valence-corrected chi connectivity index (χ0v) is 8.57. The van der Waals surface area contributed by atoms with Crippen molar-refractivity contribution in [3.63, 3.8) is 0 Å². The van der Waals surface area contributed by atoms with Gasteiger partial charge in [-0.25, -0.2) is 4.98 Å². The number of aromatic nitrogens is 1. The van der Waals surface area contributed by atoms with Gasteiger partial charge in [-0.2, -0.15) is 4.39 Å². The van der Waals surface area contributed by atoms with E-state index in [9.17, 15) is 4.39 Å². The molecule has 1 rings (SSSR count). The average Bonchev–Trinajstić information content (AvgIpc) is 2.26. The van der Waals surface area contributed by atoms with Gasteiger partial charge in [0, 0.05) is 0 Å². The number of rotatable bonds is 5. The second kappa shape index (κ2) is 5.04. The maximum atomic E-state index is 12.8. The third-order valence-electron chi connectivity index (χ3n) is 2.39. The monoisotopic (exact) mass is 214 g/mol. The number of pyridine rings is 1. The van der Waals surface area contributed by atoms with E-state index in [-0.39, 0.29) is 13.2 Å². The molecule has 0 spiro atoms. The van der Waals surface area contributed by atoms with Crippen molar-refractivity contribution in [2.24, 2.45) is 0 Å². The molecule has 0 amide bonds. The molecule has 0 aliphatic rings. The van der Waals surface area contributed by atoms with Gasteiger partial charge < -0.3 is 15.5 Å². The summed E-state index contributed by atoms with van der Waals surface area (Å²) in [5.74, 6) is -0.291. The van der Waals surface area contributed by atoms with E-state index in [1.807, 2.05) is 6.92 Å². The van der Waals surface area contributed by atoms with Crippen molar-refractivity contribution in [2.45, 2.75) is 18.9 Å². The normalized spacial score (nSPS) is 11.5. The van der Waals surface area contributed by atoms with Gasteiger partial charge in [0.05, 0.1) is 18.8 Å². The Morgan fingerprint density at radius 1 is 1.40 bits per heavy atom. The van der Waals surface area contributed by atoms with Gasteiger partial charge in [-0.15, -0.1) is 0 Å². The maximum Gasteiger partial charge on any atom is 0.214 e. The van der Waals surface area contributed by atoms with Crippen molar-refractivity contribution in [2.75, 3.05) is 18.5 Å². The summed E-state index contributed by atoms with van der Waals surface area (Å²) in [5.41, 5.74) is -0.846. The van der Waals surface area contributed by atoms with Crippen LogP contribution in [0.2, 0.25) is 0 Å². The summed E-state index contributed by atoms with van der Waals surface area (Å²) in [6, 6.07) is 4.33. The molecule has 0 fully saturated rings. The summed E-state index contributed by atoms with van der Waals surface area (Å²) in [7, 11) is 0. The molecule has 0 aromatic carbocycles. The Labute approximate surface area is 87.8 Å². The molecule has 1 aromatic heterocycles. The number of nitrogens with zero attached hydrogens (tertiary/aromatic N) is 1. The van der Waals surface area contributed by atoms with Crippen LogP contribution in [0.3, 0.4) is 0 Å². The Kier molecular flexibility index (Phi) is 3.99. The quantitative estimate of drug-likeness (QED) is 0.633. The zero-order chi connectivity index (χ0) is 11.3. The van der Waals surface area contributed by atoms with Crippen LogP contribution in [-0.4, -0.2) is 33.9 Å². The lowest BCUT2D eigenvalue weighted by molar-refractivity contribution is 0.132. The van der Waals surface area contributed by atoms with E-state index >= 15 is 0 Å². The van der Waals surface area contributed by atoms with Crippen molar-refractivity contribution in [3.8, 4) is 0 Å². The molecule has 0 aliphatic heterocycles. The Bertz CT molecular complexity index is 308. The van der Waals surface area contributed by atoms with Crippen LogP contribution in [0, 0.1) is 5.95 Å². The van der Waals surface area contributed by atoms with Crippen LogP contribution in [0.4, 0.5) is 10.2 Å². The molecule has 0 aliphatic carbocycles. The minimum atomic E-state index is -0.846. The molecule has 0 saturated carbocycles. The lowest BCUT2D eigenvalue weighted by Crippen LogP contribution is -2.45. The predicted octanol–water partition coefficient (Wildman–Crippen LogP) is 0.766. The highest BCUT2D eigenvalue weighted by Gasteiger charge is 2.26. The Balaban J connectivity index is 2.82. The van der Waals surface area contributed by atoms with Crippen molar-refractivity contribution in [1.29, 1.82) is 0 Å². The zero-order valence-electron chi connectivity index (χ0n) is 8.57. The Morgan fingerprint density at radius 2 is 2.07 bits per heavy atom. The average molecular weight is 214 g/mol. The molecule has 5 heteroatoms. The SMILES string of the molecule is CCC(CO)(CO)Nc1cccc(F)n1. The van der Waals surface area contributed by atoms with E-state index in [1.165, 1.54) is 12.1 Å². The molecule has 0 atom stereocenters. The molecule has 0 radical (unpaired) electrons. The molecule has 15 heavy (non-hydrogen) atoms. The first kappa shape index (κ1) is 11.9. The molecule has 84 valence electrons. The van der Waals surface area contributed by atoms with E-state index in [0.717, 1.165) is 0 Å². The lowest BCUT2D eigenvalue weighted by atomic mass is 9.98. The van der Waals surface area contributed by atoms with Crippen LogP contribution in [-0.2, 0) is 0 Å². The highest BCUT2D eigenvalue weighted by molar-refractivity contribution is 5.37. The van der Waals surface area contributed by atoms with E-state index < -0.39 is 11.5 Å². The van der Waals surface area contributed by atoms with E-state index in [1.54, 1.807) is 6.07 Å². The number of hydrogen-bond acceptors (Lipinski definition) is 4. The lowest BCUT2D eigenvalue weighted by Gasteiger charge is -2.30. The number of aliphatic hydroxyl groups is 2. The molecule has 0 bridgehead atoms. The smallest absolute Gasteiger partial charge is 0.214 e. The van der Waals surface area contributed by atoms with Gasteiger partial charge in [0.1, 0.15) is 5.82 Å². The number of aliphatic hydroxyl groups excluding tert-OH is 2. The van der Waals surface area contributed by atoms with Crippen LogP contribution in [0.15, 0.2) is 18.2 Å². The van der Waals surface area contributed by atoms with Gasteiger partial charge in [-0.05, 0) is 18.6 Å². The fourth-order valence-corrected chi connectivity index (χ4v) is 1.19. The number of halogens is 1. The summed E-state index contributed by atoms with van der Waals surface area (Å²) < 4.78 is 12.8. The summed E-state index contributed by atoms with van der Waals surface area (Å²) in [5, 5.41) is 21.2. The van der Waals surface area contributed by atoms with Crippen molar-refractivity contribution < 1.29 is 14.6 Å². The van der Waals surface area contributed by atoms with Crippen molar-refractivity contribution in [1.82, 2.24) is 4.98 Å². The summed E-state index contributed by atoms with van der Waals surface area (Å²) in [6.45, 7) is 1.34. The first-order valence-electron chi connectivity index (χ1n) is 4.78. The number of anilines is 1. The van der Waals surface area contributed by atoms with Crippen LogP contribution < -0.4 is 5.32 Å². The topological polar surface area (TPSA) is 65.4 Å². The minimum Gasteiger partial charge on any atom is -0.394 e. The Hall–Kier alpha value is -1.20. The predicted molar refractivity (Wildman–Crippen MR) is 55.0 cm³/mol. The van der Waals surface area contributed by atoms with Gasteiger partial charge in [-0.3, -0.25) is 0 Å². The second-order valence-electron chi connectivity index (χ2n) is 3.42. The summed E-state index contributed by atoms with van der Waals surface area (Å²) >= 11 is 0. The molecule has 1 heterocycles. The van der Waals surface area contributed by atoms with Gasteiger partial charge in [-0.1, -0.05) is 13.0 Å². The van der Waals surface area contributed by atoms with Gasteiger partial charge in [0.15, 0.2) is 0 Å². The highest BCUT2D eigenvalue weighted by atomic mass is 19.1. The van der Waals surface area contributed by atoms with Crippen LogP contribution in [0.5, 0.6) is 0 Å². The fraction of sp³-hybridized carbons (Fsp3) is 0.500. The first-order valence-corrected chi connectivity index (χ1v) is 4.78. The van der Waals surface area contributed by atoms with Crippen molar-refractivity contribution >= 4 is 5.82 Å². The number of nitrogens with one attached hydrogen (secondary N) is 1. The standard InChI is InChI=1S/C10H15FN2O2/c1-2-10(6-14,7-15)13-9-5-3-4-8(11)12-9/h3-5,14-15H,2,6-7H2,1H3,(H,12,13). The third-order valence-corrected chi connectivity index (χ3v) is 2.39. The minimum absolute atomic E-state index is 0.238. The highest BCUT2D eigenvalue weighted by Crippen LogP contribution is 2.16. The largest absolute Gasteiger partial charge is 0.394 e. The van der Waals surface area contributed by atoms with Gasteiger partial charge in [0.2, 0.25) is 5.95 Å². The molecular weight excluding hydrogens is 199 g/mol. The molecular formula is C10H15FN2O2. The molecule has 4 nitrogen and oxygen atoms in total. The third kappa shape index (κ3) is 2.87. The van der Waals surface area contributed by atoms with Crippen LogP contribution >= 0.6 is 0 Å². The first-order chi connectivity index (χ1) is 7.15. The molecule has 0 unspecified atom stereocenters. The summed E-state index contributed by atoms with van der Waals surface area (Å²) in [4.78, 5) is 3.60. The van der Waals surface area contributed by atoms with E-state index in [2.05, 4.69) is 10.3 Å². The second-order valence-corrected chi connectivity index (χ2v) is 3.42. The van der Waals surface area contributed by atoms with Gasteiger partial charge in [0.25, 0.3) is 0 Å². The fourth-order valence-electron chi connectivity index (χ4n) is 1.19. The van der Waals surface area contributed by atoms with E-state index in [4.69, 9.17) is 10.2 Å². The summed E-state index contributed by atoms with van der Waals surface area (Å²) in [6.07, 6.45) is 0.512. The molecule has 1 aromatic rings. The van der Waals surface area contributed by atoms with Crippen LogP contribution in [0.1, 0.15) is 13.3 Å². The molecule has 0 saturated heterocycles.